The van der Waals surface area contributed by atoms with Crippen molar-refractivity contribution >= 4 is 33.4 Å². The van der Waals surface area contributed by atoms with Gasteiger partial charge in [-0.2, -0.15) is 0 Å². The molecule has 2 nitrogen and oxygen atoms in total. The van der Waals surface area contributed by atoms with E-state index >= 15 is 0 Å². The summed E-state index contributed by atoms with van der Waals surface area (Å²) in [6.07, 6.45) is 4.49. The first-order valence-electron chi connectivity index (χ1n) is 7.10. The topological polar surface area (TPSA) is 29.1 Å². The molecule has 110 valence electrons. The average Bonchev–Trinajstić information content (AvgIpc) is 2.37. The van der Waals surface area contributed by atoms with Crippen molar-refractivity contribution in [2.45, 2.75) is 45.1 Å². The van der Waals surface area contributed by atoms with Crippen LogP contribution in [0, 0.1) is 12.8 Å². The highest BCUT2D eigenvalue weighted by molar-refractivity contribution is 9.09. The molecule has 1 fully saturated rings. The molecule has 1 aliphatic carbocycles. The maximum atomic E-state index is 12.5. The monoisotopic (exact) mass is 357 g/mol. The summed E-state index contributed by atoms with van der Waals surface area (Å²) in [7, 11) is 0. The van der Waals surface area contributed by atoms with Gasteiger partial charge in [0.1, 0.15) is 0 Å². The molecule has 0 saturated heterocycles. The molecule has 1 N–H and O–H groups in total. The van der Waals surface area contributed by atoms with Crippen LogP contribution in [0.25, 0.3) is 0 Å². The molecular formula is C16H21BrClNO. The Morgan fingerprint density at radius 3 is 2.85 bits per heavy atom. The summed E-state index contributed by atoms with van der Waals surface area (Å²) in [6, 6.07) is 5.48. The number of nitrogens with one attached hydrogen (secondary N) is 1. The molecular weight excluding hydrogens is 338 g/mol. The molecule has 20 heavy (non-hydrogen) atoms. The summed E-state index contributed by atoms with van der Waals surface area (Å²) in [5.74, 6) is 0.631. The largest absolute Gasteiger partial charge is 0.346 e. The zero-order valence-electron chi connectivity index (χ0n) is 12.0. The number of benzene rings is 1. The highest BCUT2D eigenvalue weighted by Gasteiger charge is 2.35. The molecule has 0 bridgehead atoms. The zero-order chi connectivity index (χ0) is 14.8. The minimum Gasteiger partial charge on any atom is -0.346 e. The number of hydrogen-bond acceptors (Lipinski definition) is 1. The fourth-order valence-corrected chi connectivity index (χ4v) is 4.05. The van der Waals surface area contributed by atoms with Crippen LogP contribution in [-0.2, 0) is 0 Å². The van der Waals surface area contributed by atoms with Crippen LogP contribution >= 0.6 is 27.5 Å². The van der Waals surface area contributed by atoms with Gasteiger partial charge in [0.05, 0.1) is 5.54 Å². The van der Waals surface area contributed by atoms with E-state index in [4.69, 9.17) is 11.6 Å². The van der Waals surface area contributed by atoms with E-state index in [2.05, 4.69) is 28.2 Å². The molecule has 0 radical (unpaired) electrons. The van der Waals surface area contributed by atoms with E-state index in [1.54, 1.807) is 6.07 Å². The summed E-state index contributed by atoms with van der Waals surface area (Å²) >= 11 is 9.62. The Balaban J connectivity index is 2.16. The molecule has 2 atom stereocenters. The predicted octanol–water partition coefficient (Wildman–Crippen LogP) is 4.72. The van der Waals surface area contributed by atoms with Crippen LogP contribution in [-0.4, -0.2) is 16.8 Å². The molecule has 0 spiro atoms. The van der Waals surface area contributed by atoms with Crippen LogP contribution in [0.4, 0.5) is 0 Å². The molecule has 1 aliphatic rings. The lowest BCUT2D eigenvalue weighted by Gasteiger charge is -2.39. The van der Waals surface area contributed by atoms with Crippen molar-refractivity contribution in [1.82, 2.24) is 5.32 Å². The Kier molecular flexibility index (Phi) is 5.14. The van der Waals surface area contributed by atoms with Crippen molar-refractivity contribution in [3.8, 4) is 0 Å². The third-order valence-electron chi connectivity index (χ3n) is 4.03. The van der Waals surface area contributed by atoms with Crippen LogP contribution in [0.15, 0.2) is 18.2 Å². The molecule has 0 aliphatic heterocycles. The SMILES string of the molecule is Cc1cc(Cl)cc(C(=O)NC2(CBr)CCCC(C)C2)c1. The van der Waals surface area contributed by atoms with Crippen molar-refractivity contribution in [3.63, 3.8) is 0 Å². The van der Waals surface area contributed by atoms with E-state index in [1.807, 2.05) is 19.1 Å². The lowest BCUT2D eigenvalue weighted by Crippen LogP contribution is -2.52. The van der Waals surface area contributed by atoms with Crippen LogP contribution in [0.3, 0.4) is 0 Å². The molecule has 1 aromatic rings. The van der Waals surface area contributed by atoms with E-state index in [0.29, 0.717) is 16.5 Å². The fourth-order valence-electron chi connectivity index (χ4n) is 3.11. The number of alkyl halides is 1. The Hall–Kier alpha value is -0.540. The summed E-state index contributed by atoms with van der Waals surface area (Å²) < 4.78 is 0. The number of amides is 1. The van der Waals surface area contributed by atoms with Gasteiger partial charge in [-0.05, 0) is 49.4 Å². The molecule has 2 unspecified atom stereocenters. The highest BCUT2D eigenvalue weighted by Crippen LogP contribution is 2.34. The summed E-state index contributed by atoms with van der Waals surface area (Å²) in [5.41, 5.74) is 1.53. The van der Waals surface area contributed by atoms with E-state index in [1.165, 1.54) is 12.8 Å². The van der Waals surface area contributed by atoms with Crippen molar-refractivity contribution in [2.24, 2.45) is 5.92 Å². The summed E-state index contributed by atoms with van der Waals surface area (Å²) in [4.78, 5) is 12.5. The standard InChI is InChI=1S/C16H21BrClNO/c1-11-4-3-5-16(9-11,10-17)19-15(20)13-6-12(2)7-14(18)8-13/h6-8,11H,3-5,9-10H2,1-2H3,(H,19,20). The van der Waals surface area contributed by atoms with Crippen molar-refractivity contribution < 1.29 is 4.79 Å². The first kappa shape index (κ1) is 15.8. The van der Waals surface area contributed by atoms with Gasteiger partial charge in [-0.25, -0.2) is 0 Å². The van der Waals surface area contributed by atoms with E-state index in [9.17, 15) is 4.79 Å². The first-order valence-corrected chi connectivity index (χ1v) is 8.60. The first-order chi connectivity index (χ1) is 9.44. The van der Waals surface area contributed by atoms with E-state index < -0.39 is 0 Å². The normalized spacial score (nSPS) is 26.3. The van der Waals surface area contributed by atoms with Gasteiger partial charge in [-0.3, -0.25) is 4.79 Å². The van der Waals surface area contributed by atoms with Crippen molar-refractivity contribution in [1.29, 1.82) is 0 Å². The Morgan fingerprint density at radius 1 is 1.50 bits per heavy atom. The average molecular weight is 359 g/mol. The van der Waals surface area contributed by atoms with Gasteiger partial charge < -0.3 is 5.32 Å². The number of hydrogen-bond donors (Lipinski definition) is 1. The highest BCUT2D eigenvalue weighted by atomic mass is 79.9. The quantitative estimate of drug-likeness (QED) is 0.778. The van der Waals surface area contributed by atoms with Gasteiger partial charge >= 0.3 is 0 Å². The molecule has 4 heteroatoms. The van der Waals surface area contributed by atoms with Crippen molar-refractivity contribution in [3.05, 3.63) is 34.3 Å². The Bertz CT molecular complexity index is 485. The Labute approximate surface area is 134 Å². The maximum absolute atomic E-state index is 12.5. The Morgan fingerprint density at radius 2 is 2.25 bits per heavy atom. The molecule has 0 heterocycles. The number of aryl methyl sites for hydroxylation is 1. The van der Waals surface area contributed by atoms with Gasteiger partial charge in [-0.15, -0.1) is 0 Å². The zero-order valence-corrected chi connectivity index (χ0v) is 14.4. The third kappa shape index (κ3) is 3.76. The van der Waals surface area contributed by atoms with Crippen LogP contribution in [0.5, 0.6) is 0 Å². The van der Waals surface area contributed by atoms with Crippen LogP contribution < -0.4 is 5.32 Å². The van der Waals surface area contributed by atoms with Gasteiger partial charge in [0.2, 0.25) is 0 Å². The second-order valence-corrected chi connectivity index (χ2v) is 7.08. The van der Waals surface area contributed by atoms with Gasteiger partial charge in [0.15, 0.2) is 0 Å². The molecule has 1 saturated carbocycles. The molecule has 1 amide bonds. The number of carbonyl (C=O) groups excluding carboxylic acids is 1. The van der Waals surface area contributed by atoms with E-state index in [-0.39, 0.29) is 11.4 Å². The van der Waals surface area contributed by atoms with E-state index in [0.717, 1.165) is 23.7 Å². The number of rotatable bonds is 3. The fraction of sp³-hybridized carbons (Fsp3) is 0.562. The lowest BCUT2D eigenvalue weighted by molar-refractivity contribution is 0.0869. The maximum Gasteiger partial charge on any atom is 0.251 e. The number of halogens is 2. The summed E-state index contributed by atoms with van der Waals surface area (Å²) in [6.45, 7) is 4.21. The van der Waals surface area contributed by atoms with Crippen molar-refractivity contribution in [2.75, 3.05) is 5.33 Å². The predicted molar refractivity (Wildman–Crippen MR) is 87.8 cm³/mol. The lowest BCUT2D eigenvalue weighted by atomic mass is 9.77. The van der Waals surface area contributed by atoms with Gasteiger partial charge in [-0.1, -0.05) is 47.3 Å². The van der Waals surface area contributed by atoms with Gasteiger partial charge in [0.25, 0.3) is 5.91 Å². The van der Waals surface area contributed by atoms with Crippen LogP contribution in [0.2, 0.25) is 5.02 Å². The smallest absolute Gasteiger partial charge is 0.251 e. The van der Waals surface area contributed by atoms with Gasteiger partial charge in [0, 0.05) is 15.9 Å². The summed E-state index contributed by atoms with van der Waals surface area (Å²) in [5, 5.41) is 4.65. The second-order valence-electron chi connectivity index (χ2n) is 6.09. The molecule has 0 aromatic heterocycles. The number of carbonyl (C=O) groups is 1. The molecule has 2 rings (SSSR count). The second kappa shape index (κ2) is 6.48. The minimum absolute atomic E-state index is 0.0239. The third-order valence-corrected chi connectivity index (χ3v) is 5.32. The minimum atomic E-state index is -0.120. The van der Waals surface area contributed by atoms with Crippen LogP contribution in [0.1, 0.15) is 48.5 Å². The molecule has 1 aromatic carbocycles.